The van der Waals surface area contributed by atoms with Crippen LogP contribution in [-0.2, 0) is 16.0 Å². The number of hydrogen-bond donors (Lipinski definition) is 2. The van der Waals surface area contributed by atoms with Crippen LogP contribution >= 0.6 is 0 Å². The first-order chi connectivity index (χ1) is 10.1. The van der Waals surface area contributed by atoms with E-state index in [0.717, 1.165) is 6.42 Å². The molecule has 1 amide bonds. The largest absolute Gasteiger partial charge is 0.478 e. The summed E-state index contributed by atoms with van der Waals surface area (Å²) in [5.41, 5.74) is -0.0327. The van der Waals surface area contributed by atoms with Crippen molar-refractivity contribution in [1.82, 2.24) is 5.32 Å². The summed E-state index contributed by atoms with van der Waals surface area (Å²) in [7, 11) is 0. The Balaban J connectivity index is 2.07. The number of amides is 1. The number of carboxylic acids is 1. The summed E-state index contributed by atoms with van der Waals surface area (Å²) in [6.45, 7) is 7.91. The molecule has 1 heterocycles. The molecule has 120 valence electrons. The van der Waals surface area contributed by atoms with Crippen molar-refractivity contribution >= 4 is 11.9 Å². The van der Waals surface area contributed by atoms with E-state index in [1.807, 2.05) is 27.7 Å². The highest BCUT2D eigenvalue weighted by Gasteiger charge is 2.46. The number of nitrogens with one attached hydrogen (secondary N) is 1. The number of ether oxygens (including phenoxy) is 1. The Hall–Kier alpha value is -1.88. The highest BCUT2D eigenvalue weighted by atomic mass is 16.5. The molecule has 0 aromatic heterocycles. The smallest absolute Gasteiger partial charge is 0.335 e. The average molecular weight is 305 g/mol. The monoisotopic (exact) mass is 305 g/mol. The zero-order chi connectivity index (χ0) is 16.5. The number of aromatic carboxylic acids is 1. The molecule has 5 nitrogen and oxygen atoms in total. The fourth-order valence-electron chi connectivity index (χ4n) is 3.09. The normalized spacial score (nSPS) is 22.3. The van der Waals surface area contributed by atoms with Crippen molar-refractivity contribution in [3.63, 3.8) is 0 Å². The second-order valence-electron chi connectivity index (χ2n) is 6.93. The highest BCUT2D eigenvalue weighted by molar-refractivity contribution is 5.91. The molecule has 0 saturated carbocycles. The van der Waals surface area contributed by atoms with Gasteiger partial charge >= 0.3 is 5.97 Å². The number of benzene rings is 1. The van der Waals surface area contributed by atoms with Crippen molar-refractivity contribution in [2.75, 3.05) is 0 Å². The van der Waals surface area contributed by atoms with Gasteiger partial charge in [0, 0.05) is 0 Å². The molecule has 1 aromatic rings. The zero-order valence-corrected chi connectivity index (χ0v) is 13.5. The predicted octanol–water partition coefficient (Wildman–Crippen LogP) is 2.39. The molecule has 2 rings (SSSR count). The van der Waals surface area contributed by atoms with Crippen LogP contribution in [0.3, 0.4) is 0 Å². The van der Waals surface area contributed by atoms with Gasteiger partial charge in [-0.1, -0.05) is 18.2 Å². The van der Waals surface area contributed by atoms with Crippen molar-refractivity contribution in [3.05, 3.63) is 35.4 Å². The van der Waals surface area contributed by atoms with Crippen LogP contribution in [0.25, 0.3) is 0 Å². The third kappa shape index (κ3) is 3.65. The molecule has 0 radical (unpaired) electrons. The average Bonchev–Trinajstić information content (AvgIpc) is 2.57. The molecular weight excluding hydrogens is 282 g/mol. The van der Waals surface area contributed by atoms with E-state index in [0.29, 0.717) is 5.56 Å². The first-order valence-electron chi connectivity index (χ1n) is 7.41. The first kappa shape index (κ1) is 16.5. The lowest BCUT2D eigenvalue weighted by atomic mass is 9.94. The lowest BCUT2D eigenvalue weighted by Gasteiger charge is -2.27. The van der Waals surface area contributed by atoms with Gasteiger partial charge in [0.25, 0.3) is 0 Å². The minimum atomic E-state index is -1.02. The molecule has 1 aliphatic heterocycles. The minimum Gasteiger partial charge on any atom is -0.478 e. The van der Waals surface area contributed by atoms with Crippen LogP contribution in [0, 0.1) is 0 Å². The van der Waals surface area contributed by atoms with Gasteiger partial charge in [0.15, 0.2) is 0 Å². The Morgan fingerprint density at radius 3 is 2.45 bits per heavy atom. The van der Waals surface area contributed by atoms with Gasteiger partial charge in [0.2, 0.25) is 5.91 Å². The second-order valence-corrected chi connectivity index (χ2v) is 6.93. The molecule has 1 fully saturated rings. The van der Waals surface area contributed by atoms with E-state index in [4.69, 9.17) is 9.84 Å². The summed E-state index contributed by atoms with van der Waals surface area (Å²) in [6, 6.07) is 6.48. The summed E-state index contributed by atoms with van der Waals surface area (Å²) < 4.78 is 5.95. The Morgan fingerprint density at radius 2 is 1.91 bits per heavy atom. The van der Waals surface area contributed by atoms with Gasteiger partial charge in [-0.05, 0) is 45.7 Å². The first-order valence-corrected chi connectivity index (χ1v) is 7.41. The molecule has 1 saturated heterocycles. The number of hydrogen-bond acceptors (Lipinski definition) is 3. The van der Waals surface area contributed by atoms with Crippen molar-refractivity contribution in [3.8, 4) is 0 Å². The van der Waals surface area contributed by atoms with Gasteiger partial charge in [0.05, 0.1) is 29.2 Å². The molecule has 1 unspecified atom stereocenters. The molecule has 1 aromatic carbocycles. The summed E-state index contributed by atoms with van der Waals surface area (Å²) in [4.78, 5) is 23.5. The van der Waals surface area contributed by atoms with Crippen LogP contribution in [0.5, 0.6) is 0 Å². The van der Waals surface area contributed by atoms with Gasteiger partial charge in [-0.3, -0.25) is 4.79 Å². The zero-order valence-electron chi connectivity index (χ0n) is 13.5. The Bertz CT molecular complexity index is 592. The summed E-state index contributed by atoms with van der Waals surface area (Å²) in [5, 5.41) is 12.1. The molecule has 1 atom stereocenters. The molecule has 0 bridgehead atoms. The fourth-order valence-corrected chi connectivity index (χ4v) is 3.09. The second kappa shape index (κ2) is 5.72. The van der Waals surface area contributed by atoms with E-state index in [2.05, 4.69) is 5.32 Å². The maximum Gasteiger partial charge on any atom is 0.335 e. The Labute approximate surface area is 130 Å². The molecule has 5 heteroatoms. The van der Waals surface area contributed by atoms with Crippen molar-refractivity contribution < 1.29 is 19.4 Å². The molecule has 1 aliphatic rings. The van der Waals surface area contributed by atoms with Crippen molar-refractivity contribution in [1.29, 1.82) is 0 Å². The molecule has 2 N–H and O–H groups in total. The summed E-state index contributed by atoms with van der Waals surface area (Å²) in [5.74, 6) is -1.21. The lowest BCUT2D eigenvalue weighted by Crippen LogP contribution is -2.46. The van der Waals surface area contributed by atoms with Crippen molar-refractivity contribution in [2.24, 2.45) is 0 Å². The number of carbonyl (C=O) groups is 2. The number of carboxylic acid groups (broad SMARTS) is 1. The summed E-state index contributed by atoms with van der Waals surface area (Å²) >= 11 is 0. The van der Waals surface area contributed by atoms with Gasteiger partial charge in [-0.2, -0.15) is 0 Å². The Morgan fingerprint density at radius 1 is 1.27 bits per heavy atom. The minimum absolute atomic E-state index is 0.0511. The third-order valence-electron chi connectivity index (χ3n) is 4.01. The molecule has 22 heavy (non-hydrogen) atoms. The molecule has 0 aliphatic carbocycles. The summed E-state index contributed by atoms with van der Waals surface area (Å²) in [6.07, 6.45) is 0.780. The van der Waals surface area contributed by atoms with Crippen LogP contribution in [0.2, 0.25) is 0 Å². The van der Waals surface area contributed by atoms with Crippen LogP contribution in [0.15, 0.2) is 24.3 Å². The van der Waals surface area contributed by atoms with E-state index in [1.165, 1.54) is 6.07 Å². The van der Waals surface area contributed by atoms with Crippen molar-refractivity contribution in [2.45, 2.75) is 57.8 Å². The van der Waals surface area contributed by atoms with Gasteiger partial charge in [0.1, 0.15) is 0 Å². The van der Waals surface area contributed by atoms with E-state index in [9.17, 15) is 9.59 Å². The van der Waals surface area contributed by atoms with Crippen LogP contribution < -0.4 is 5.32 Å². The number of rotatable bonds is 4. The topological polar surface area (TPSA) is 75.6 Å². The van der Waals surface area contributed by atoms with E-state index < -0.39 is 11.6 Å². The Kier molecular flexibility index (Phi) is 4.29. The highest BCUT2D eigenvalue weighted by Crippen LogP contribution is 2.37. The molecule has 0 spiro atoms. The van der Waals surface area contributed by atoms with Gasteiger partial charge in [-0.25, -0.2) is 4.79 Å². The third-order valence-corrected chi connectivity index (χ3v) is 4.01. The molecular formula is C17H23NO4. The van der Waals surface area contributed by atoms with E-state index in [1.54, 1.807) is 18.2 Å². The number of carbonyl (C=O) groups excluding carboxylic acids is 1. The van der Waals surface area contributed by atoms with Crippen LogP contribution in [0.1, 0.15) is 50.0 Å². The maximum atomic E-state index is 12.3. The van der Waals surface area contributed by atoms with Crippen LogP contribution in [0.4, 0.5) is 0 Å². The van der Waals surface area contributed by atoms with E-state index >= 15 is 0 Å². The van der Waals surface area contributed by atoms with E-state index in [-0.39, 0.29) is 29.5 Å². The van der Waals surface area contributed by atoms with Crippen LogP contribution in [-0.4, -0.2) is 34.2 Å². The SMILES string of the molecule is CC1(C)CC(NC(=O)Cc2ccccc2C(=O)O)C(C)(C)O1. The lowest BCUT2D eigenvalue weighted by molar-refractivity contribution is -0.123. The standard InChI is InChI=1S/C17H23NO4/c1-16(2)10-13(17(3,4)22-16)18-14(19)9-11-7-5-6-8-12(11)15(20)21/h5-8,13H,9-10H2,1-4H3,(H,18,19)(H,20,21). The predicted molar refractivity (Wildman–Crippen MR) is 82.9 cm³/mol. The maximum absolute atomic E-state index is 12.3. The fraction of sp³-hybridized carbons (Fsp3) is 0.529. The van der Waals surface area contributed by atoms with Gasteiger partial charge in [-0.15, -0.1) is 0 Å². The van der Waals surface area contributed by atoms with Gasteiger partial charge < -0.3 is 15.2 Å². The quantitative estimate of drug-likeness (QED) is 0.895.